The van der Waals surface area contributed by atoms with Gasteiger partial charge in [-0.15, -0.1) is 0 Å². The number of nitrogens with one attached hydrogen (secondary N) is 1. The maximum absolute atomic E-state index is 11.2. The molecule has 0 aliphatic heterocycles. The second kappa shape index (κ2) is 7.55. The van der Waals surface area contributed by atoms with Crippen LogP contribution in [0.25, 0.3) is 0 Å². The maximum Gasteiger partial charge on any atom is 0.236 e. The zero-order valence-electron chi connectivity index (χ0n) is 8.60. The Hall–Kier alpha value is -0.730. The van der Waals surface area contributed by atoms with Crippen LogP contribution >= 0.6 is 0 Å². The number of carbonyl (C=O) groups excluding carboxylic acids is 1. The third kappa shape index (κ3) is 6.37. The summed E-state index contributed by atoms with van der Waals surface area (Å²) in [7, 11) is 0. The van der Waals surface area contributed by atoms with Crippen molar-refractivity contribution in [3.05, 3.63) is 0 Å². The minimum atomic E-state index is -1.57. The molecule has 7 nitrogen and oxygen atoms in total. The number of hydrogen-bond acceptors (Lipinski definition) is 6. The molecule has 0 spiro atoms. The first-order chi connectivity index (χ1) is 6.99. The Morgan fingerprint density at radius 1 is 1.27 bits per heavy atom. The van der Waals surface area contributed by atoms with Crippen molar-refractivity contribution >= 4 is 5.91 Å². The molecule has 0 aromatic carbocycles. The van der Waals surface area contributed by atoms with E-state index in [0.29, 0.717) is 13.0 Å². The molecule has 2 unspecified atom stereocenters. The van der Waals surface area contributed by atoms with Gasteiger partial charge in [-0.2, -0.15) is 0 Å². The van der Waals surface area contributed by atoms with E-state index in [4.69, 9.17) is 27.4 Å². The molecule has 0 aliphatic rings. The topological polar surface area (TPSA) is 148 Å². The van der Waals surface area contributed by atoms with Crippen LogP contribution in [0.1, 0.15) is 12.8 Å². The molecule has 0 heterocycles. The van der Waals surface area contributed by atoms with Crippen LogP contribution in [0.2, 0.25) is 0 Å². The van der Waals surface area contributed by atoms with E-state index in [1.807, 2.05) is 0 Å². The molecule has 15 heavy (non-hydrogen) atoms. The lowest BCUT2D eigenvalue weighted by atomic mass is 10.2. The molecule has 0 aromatic heterocycles. The van der Waals surface area contributed by atoms with E-state index in [0.717, 1.165) is 0 Å². The van der Waals surface area contributed by atoms with Crippen molar-refractivity contribution in [1.29, 1.82) is 0 Å². The summed E-state index contributed by atoms with van der Waals surface area (Å²) in [6.45, 7) is 0.610. The lowest BCUT2D eigenvalue weighted by Gasteiger charge is -2.15. The van der Waals surface area contributed by atoms with E-state index in [-0.39, 0.29) is 18.9 Å². The number of aliphatic hydroxyl groups excluding tert-OH is 1. The molecule has 7 heteroatoms. The summed E-state index contributed by atoms with van der Waals surface area (Å²) >= 11 is 0. The molecule has 1 amide bonds. The van der Waals surface area contributed by atoms with Crippen molar-refractivity contribution < 1.29 is 15.0 Å². The Kier molecular flexibility index (Phi) is 7.18. The summed E-state index contributed by atoms with van der Waals surface area (Å²) in [6.07, 6.45) is -0.876. The van der Waals surface area contributed by atoms with Crippen molar-refractivity contribution in [3.63, 3.8) is 0 Å². The Labute approximate surface area is 88.6 Å². The Morgan fingerprint density at radius 3 is 2.33 bits per heavy atom. The molecule has 0 radical (unpaired) electrons. The van der Waals surface area contributed by atoms with E-state index < -0.39 is 18.4 Å². The Bertz CT molecular complexity index is 189. The van der Waals surface area contributed by atoms with Gasteiger partial charge in [0.15, 0.2) is 6.29 Å². The van der Waals surface area contributed by atoms with Crippen LogP contribution in [0.15, 0.2) is 0 Å². The summed E-state index contributed by atoms with van der Waals surface area (Å²) in [6, 6.07) is -1.39. The van der Waals surface area contributed by atoms with Gasteiger partial charge in [-0.1, -0.05) is 0 Å². The van der Waals surface area contributed by atoms with Crippen LogP contribution in [0.3, 0.4) is 0 Å². The monoisotopic (exact) mass is 220 g/mol. The number of rotatable bonds is 7. The van der Waals surface area contributed by atoms with Crippen molar-refractivity contribution in [1.82, 2.24) is 5.32 Å². The van der Waals surface area contributed by atoms with Crippen molar-refractivity contribution in [2.45, 2.75) is 31.2 Å². The predicted octanol–water partition coefficient (Wildman–Crippen LogP) is -3.19. The van der Waals surface area contributed by atoms with Crippen LogP contribution in [0, 0.1) is 0 Å². The van der Waals surface area contributed by atoms with Crippen LogP contribution < -0.4 is 22.5 Å². The fourth-order valence-electron chi connectivity index (χ4n) is 0.953. The first-order valence-corrected chi connectivity index (χ1v) is 4.84. The van der Waals surface area contributed by atoms with Crippen molar-refractivity contribution in [2.75, 3.05) is 13.1 Å². The largest absolute Gasteiger partial charge is 0.367 e. The highest BCUT2D eigenvalue weighted by Gasteiger charge is 2.14. The van der Waals surface area contributed by atoms with E-state index in [1.54, 1.807) is 0 Å². The summed E-state index contributed by atoms with van der Waals surface area (Å²) in [4.78, 5) is 11.2. The molecule has 0 saturated heterocycles. The van der Waals surface area contributed by atoms with Gasteiger partial charge < -0.3 is 32.7 Å². The molecule has 9 N–H and O–H groups in total. The Balaban J connectivity index is 3.63. The highest BCUT2D eigenvalue weighted by atomic mass is 16.5. The predicted molar refractivity (Wildman–Crippen MR) is 55.5 cm³/mol. The molecule has 90 valence electrons. The molecule has 0 bridgehead atoms. The lowest BCUT2D eigenvalue weighted by Crippen LogP contribution is -2.44. The average molecular weight is 220 g/mol. The molecule has 0 aromatic rings. The smallest absolute Gasteiger partial charge is 0.236 e. The van der Waals surface area contributed by atoms with Gasteiger partial charge in [0.25, 0.3) is 0 Å². The molecule has 0 rings (SSSR count). The van der Waals surface area contributed by atoms with Gasteiger partial charge in [-0.25, -0.2) is 0 Å². The van der Waals surface area contributed by atoms with Crippen LogP contribution in [-0.2, 0) is 4.79 Å². The normalized spacial score (nSPS) is 15.1. The standard InChI is InChI=1S/C8H20N4O3/c9-3-1-5(10)7(13)12-4-2-6(11)8(14)15/h5-6,8,14-15H,1-4,9-11H2,(H,12,13). The van der Waals surface area contributed by atoms with Gasteiger partial charge in [-0.3, -0.25) is 4.79 Å². The van der Waals surface area contributed by atoms with Crippen LogP contribution in [0.5, 0.6) is 0 Å². The van der Waals surface area contributed by atoms with E-state index in [2.05, 4.69) is 5.32 Å². The van der Waals surface area contributed by atoms with E-state index in [9.17, 15) is 4.79 Å². The zero-order valence-corrected chi connectivity index (χ0v) is 8.60. The highest BCUT2D eigenvalue weighted by molar-refractivity contribution is 5.81. The van der Waals surface area contributed by atoms with Crippen molar-refractivity contribution in [2.24, 2.45) is 17.2 Å². The van der Waals surface area contributed by atoms with Crippen LogP contribution in [-0.4, -0.2) is 47.6 Å². The average Bonchev–Trinajstić information content (AvgIpc) is 2.17. The summed E-state index contributed by atoms with van der Waals surface area (Å²) < 4.78 is 0. The third-order valence-electron chi connectivity index (χ3n) is 1.97. The van der Waals surface area contributed by atoms with E-state index in [1.165, 1.54) is 0 Å². The maximum atomic E-state index is 11.2. The second-order valence-corrected chi connectivity index (χ2v) is 3.34. The molecular weight excluding hydrogens is 200 g/mol. The minimum Gasteiger partial charge on any atom is -0.367 e. The van der Waals surface area contributed by atoms with Crippen molar-refractivity contribution in [3.8, 4) is 0 Å². The SMILES string of the molecule is NCCC(N)C(=O)NCCC(N)C(O)O. The summed E-state index contributed by atoms with van der Waals surface area (Å²) in [5.74, 6) is -0.305. The molecular formula is C8H20N4O3. The quantitative estimate of drug-likeness (QED) is 0.249. The molecule has 0 aliphatic carbocycles. The number of aliphatic hydroxyl groups is 2. The number of carbonyl (C=O) groups is 1. The number of hydrogen-bond donors (Lipinski definition) is 6. The van der Waals surface area contributed by atoms with Gasteiger partial charge in [0, 0.05) is 6.54 Å². The van der Waals surface area contributed by atoms with Gasteiger partial charge in [0.1, 0.15) is 0 Å². The van der Waals surface area contributed by atoms with Gasteiger partial charge in [0.05, 0.1) is 12.1 Å². The summed E-state index contributed by atoms with van der Waals surface area (Å²) in [5.41, 5.74) is 16.1. The Morgan fingerprint density at radius 2 is 1.87 bits per heavy atom. The second-order valence-electron chi connectivity index (χ2n) is 3.34. The first-order valence-electron chi connectivity index (χ1n) is 4.84. The summed E-state index contributed by atoms with van der Waals surface area (Å²) in [5, 5.41) is 19.8. The first kappa shape index (κ1) is 14.3. The minimum absolute atomic E-state index is 0.260. The molecule has 2 atom stereocenters. The fraction of sp³-hybridized carbons (Fsp3) is 0.875. The lowest BCUT2D eigenvalue weighted by molar-refractivity contribution is -0.122. The van der Waals surface area contributed by atoms with Gasteiger partial charge >= 0.3 is 0 Å². The molecule has 0 saturated carbocycles. The van der Waals surface area contributed by atoms with Crippen LogP contribution in [0.4, 0.5) is 0 Å². The van der Waals surface area contributed by atoms with Gasteiger partial charge in [0.2, 0.25) is 5.91 Å². The van der Waals surface area contributed by atoms with Gasteiger partial charge in [-0.05, 0) is 19.4 Å². The fourth-order valence-corrected chi connectivity index (χ4v) is 0.953. The highest BCUT2D eigenvalue weighted by Crippen LogP contribution is 1.92. The number of amides is 1. The zero-order chi connectivity index (χ0) is 11.8. The third-order valence-corrected chi connectivity index (χ3v) is 1.97. The van der Waals surface area contributed by atoms with E-state index >= 15 is 0 Å². The molecule has 0 fully saturated rings. The number of nitrogens with two attached hydrogens (primary N) is 3.